The molecule has 1 unspecified atom stereocenters. The molecule has 0 N–H and O–H groups in total. The van der Waals surface area contributed by atoms with Crippen LogP contribution < -0.4 is 0 Å². The Morgan fingerprint density at radius 3 is 3.09 bits per heavy atom. The molecule has 0 aliphatic heterocycles. The molecule has 2 heteroatoms. The summed E-state index contributed by atoms with van der Waals surface area (Å²) in [6.07, 6.45) is 7.25. The van der Waals surface area contributed by atoms with Gasteiger partial charge in [0.05, 0.1) is 11.2 Å². The first-order chi connectivity index (χ1) is 5.36. The average molecular weight is 165 g/mol. The number of thiocarbonyl (C=S) groups is 1. The SMILES string of the molecule is C=CC1=CCC(N=C=S)CC1. The molecule has 0 amide bonds. The Hall–Kier alpha value is -0.720. The van der Waals surface area contributed by atoms with E-state index in [2.05, 4.69) is 35.0 Å². The summed E-state index contributed by atoms with van der Waals surface area (Å²) in [5, 5.41) is 2.42. The van der Waals surface area contributed by atoms with Gasteiger partial charge in [-0.15, -0.1) is 0 Å². The molecule has 0 spiro atoms. The van der Waals surface area contributed by atoms with Gasteiger partial charge in [-0.25, -0.2) is 4.99 Å². The van der Waals surface area contributed by atoms with Gasteiger partial charge in [0.25, 0.3) is 0 Å². The number of allylic oxidation sites excluding steroid dienone is 2. The van der Waals surface area contributed by atoms with Gasteiger partial charge in [-0.3, -0.25) is 0 Å². The Morgan fingerprint density at radius 1 is 1.82 bits per heavy atom. The molecule has 0 aromatic carbocycles. The fourth-order valence-electron chi connectivity index (χ4n) is 1.22. The number of nitrogens with zero attached hydrogens (tertiary/aromatic N) is 1. The van der Waals surface area contributed by atoms with E-state index < -0.39 is 0 Å². The maximum atomic E-state index is 4.53. The monoisotopic (exact) mass is 165 g/mol. The van der Waals surface area contributed by atoms with Gasteiger partial charge in [0.2, 0.25) is 0 Å². The second kappa shape index (κ2) is 4.22. The summed E-state index contributed by atoms with van der Waals surface area (Å²) in [5.74, 6) is 0. The highest BCUT2D eigenvalue weighted by Crippen LogP contribution is 2.20. The molecule has 1 aliphatic rings. The number of hydrogen-bond acceptors (Lipinski definition) is 2. The van der Waals surface area contributed by atoms with Gasteiger partial charge in [0, 0.05) is 0 Å². The van der Waals surface area contributed by atoms with Crippen molar-refractivity contribution in [2.75, 3.05) is 0 Å². The van der Waals surface area contributed by atoms with Crippen LogP contribution in [0.15, 0.2) is 29.3 Å². The second-order valence-corrected chi connectivity index (χ2v) is 2.81. The van der Waals surface area contributed by atoms with Crippen LogP contribution >= 0.6 is 12.2 Å². The van der Waals surface area contributed by atoms with Crippen LogP contribution in [0.25, 0.3) is 0 Å². The fourth-order valence-corrected chi connectivity index (χ4v) is 1.37. The van der Waals surface area contributed by atoms with Crippen LogP contribution in [0.2, 0.25) is 0 Å². The Bertz CT molecular complexity index is 224. The topological polar surface area (TPSA) is 12.4 Å². The molecule has 0 fully saturated rings. The van der Waals surface area contributed by atoms with Crippen molar-refractivity contribution in [3.63, 3.8) is 0 Å². The van der Waals surface area contributed by atoms with E-state index in [1.165, 1.54) is 5.57 Å². The van der Waals surface area contributed by atoms with Crippen molar-refractivity contribution < 1.29 is 0 Å². The minimum atomic E-state index is 0.371. The van der Waals surface area contributed by atoms with Gasteiger partial charge in [-0.1, -0.05) is 24.3 Å². The summed E-state index contributed by atoms with van der Waals surface area (Å²) in [5.41, 5.74) is 1.33. The maximum absolute atomic E-state index is 4.53. The van der Waals surface area contributed by atoms with Crippen LogP contribution in [-0.2, 0) is 0 Å². The van der Waals surface area contributed by atoms with Crippen LogP contribution in [0.4, 0.5) is 0 Å². The van der Waals surface area contributed by atoms with Gasteiger partial charge in [-0.05, 0) is 31.5 Å². The first kappa shape index (κ1) is 8.38. The second-order valence-electron chi connectivity index (χ2n) is 2.63. The summed E-state index contributed by atoms with van der Waals surface area (Å²) in [4.78, 5) is 4.04. The predicted octanol–water partition coefficient (Wildman–Crippen LogP) is 2.75. The quantitative estimate of drug-likeness (QED) is 0.452. The summed E-state index contributed by atoms with van der Waals surface area (Å²) in [7, 11) is 0. The zero-order valence-corrected chi connectivity index (χ0v) is 7.23. The van der Waals surface area contributed by atoms with E-state index in [4.69, 9.17) is 0 Å². The third-order valence-electron chi connectivity index (χ3n) is 1.92. The van der Waals surface area contributed by atoms with Crippen molar-refractivity contribution in [1.82, 2.24) is 0 Å². The first-order valence-electron chi connectivity index (χ1n) is 3.75. The molecule has 1 aliphatic carbocycles. The lowest BCUT2D eigenvalue weighted by molar-refractivity contribution is 0.601. The smallest absolute Gasteiger partial charge is 0.0640 e. The number of hydrogen-bond donors (Lipinski definition) is 0. The van der Waals surface area contributed by atoms with E-state index in [1.807, 2.05) is 6.08 Å². The molecule has 0 aromatic heterocycles. The zero-order valence-electron chi connectivity index (χ0n) is 6.42. The summed E-state index contributed by atoms with van der Waals surface area (Å²) in [6.45, 7) is 3.72. The number of rotatable bonds is 2. The highest BCUT2D eigenvalue weighted by molar-refractivity contribution is 7.78. The van der Waals surface area contributed by atoms with Gasteiger partial charge in [-0.2, -0.15) is 0 Å². The third-order valence-corrected chi connectivity index (χ3v) is 2.02. The van der Waals surface area contributed by atoms with Crippen molar-refractivity contribution in [3.05, 3.63) is 24.3 Å². The zero-order chi connectivity index (χ0) is 8.10. The van der Waals surface area contributed by atoms with Gasteiger partial charge in [0.15, 0.2) is 0 Å². The van der Waals surface area contributed by atoms with E-state index in [-0.39, 0.29) is 0 Å². The lowest BCUT2D eigenvalue weighted by atomic mass is 9.96. The van der Waals surface area contributed by atoms with Crippen LogP contribution in [0.1, 0.15) is 19.3 Å². The number of aliphatic imine (C=N–C) groups is 1. The van der Waals surface area contributed by atoms with E-state index in [0.717, 1.165) is 19.3 Å². The largest absolute Gasteiger partial charge is 0.229 e. The summed E-state index contributed by atoms with van der Waals surface area (Å²) in [6, 6.07) is 0.371. The molecular formula is C9H11NS. The Labute approximate surface area is 72.5 Å². The molecule has 0 bridgehead atoms. The molecule has 0 saturated carbocycles. The van der Waals surface area contributed by atoms with E-state index >= 15 is 0 Å². The van der Waals surface area contributed by atoms with Crippen LogP contribution in [0, 0.1) is 0 Å². The van der Waals surface area contributed by atoms with Crippen molar-refractivity contribution in [2.45, 2.75) is 25.3 Å². The van der Waals surface area contributed by atoms with Crippen molar-refractivity contribution in [3.8, 4) is 0 Å². The highest BCUT2D eigenvalue weighted by atomic mass is 32.1. The van der Waals surface area contributed by atoms with Crippen molar-refractivity contribution in [1.29, 1.82) is 0 Å². The molecule has 11 heavy (non-hydrogen) atoms. The molecule has 1 rings (SSSR count). The normalized spacial score (nSPS) is 23.3. The molecular weight excluding hydrogens is 154 g/mol. The molecule has 0 aromatic rings. The Balaban J connectivity index is 2.53. The van der Waals surface area contributed by atoms with Crippen LogP contribution in [0.5, 0.6) is 0 Å². The van der Waals surface area contributed by atoms with Crippen molar-refractivity contribution >= 4 is 17.4 Å². The predicted molar refractivity (Wildman–Crippen MR) is 50.9 cm³/mol. The minimum Gasteiger partial charge on any atom is -0.229 e. The van der Waals surface area contributed by atoms with Gasteiger partial charge in [0.1, 0.15) is 0 Å². The minimum absolute atomic E-state index is 0.371. The number of isothiocyanates is 1. The molecule has 1 atom stereocenters. The summed E-state index contributed by atoms with van der Waals surface area (Å²) >= 11 is 4.53. The Morgan fingerprint density at radius 2 is 2.64 bits per heavy atom. The van der Waals surface area contributed by atoms with Crippen LogP contribution in [-0.4, -0.2) is 11.2 Å². The van der Waals surface area contributed by atoms with Gasteiger partial charge < -0.3 is 0 Å². The van der Waals surface area contributed by atoms with E-state index in [9.17, 15) is 0 Å². The molecule has 0 radical (unpaired) electrons. The fraction of sp³-hybridized carbons (Fsp3) is 0.444. The third kappa shape index (κ3) is 2.41. The summed E-state index contributed by atoms with van der Waals surface area (Å²) < 4.78 is 0. The molecule has 58 valence electrons. The molecule has 0 saturated heterocycles. The Kier molecular flexibility index (Phi) is 3.21. The van der Waals surface area contributed by atoms with Gasteiger partial charge >= 0.3 is 0 Å². The molecule has 1 nitrogen and oxygen atoms in total. The van der Waals surface area contributed by atoms with Crippen LogP contribution in [0.3, 0.4) is 0 Å². The maximum Gasteiger partial charge on any atom is 0.0640 e. The average Bonchev–Trinajstić information content (AvgIpc) is 2.07. The molecule has 0 heterocycles. The van der Waals surface area contributed by atoms with E-state index in [0.29, 0.717) is 6.04 Å². The van der Waals surface area contributed by atoms with Crippen molar-refractivity contribution in [2.24, 2.45) is 4.99 Å². The first-order valence-corrected chi connectivity index (χ1v) is 4.16. The lowest BCUT2D eigenvalue weighted by Gasteiger charge is -2.14. The standard InChI is InChI=1S/C9H11NS/c1-2-8-3-5-9(6-4-8)10-7-11/h2-3,9H,1,4-6H2. The lowest BCUT2D eigenvalue weighted by Crippen LogP contribution is -2.07. The van der Waals surface area contributed by atoms with E-state index in [1.54, 1.807) is 0 Å². The highest BCUT2D eigenvalue weighted by Gasteiger charge is 2.10.